The number of hydrogen-bond acceptors (Lipinski definition) is 4. The second kappa shape index (κ2) is 19.1. The molecule has 0 bridgehead atoms. The normalized spacial score (nSPS) is 13.3. The van der Waals surface area contributed by atoms with Crippen LogP contribution in [0.1, 0.15) is 135 Å². The Balaban J connectivity index is 0.0000109. The maximum absolute atomic E-state index is 11.8. The van der Waals surface area contributed by atoms with E-state index in [1.165, 1.54) is 95.1 Å². The van der Waals surface area contributed by atoms with Crippen molar-refractivity contribution < 1.29 is 47.3 Å². The molecule has 0 N–H and O–H groups in total. The van der Waals surface area contributed by atoms with Crippen molar-refractivity contribution >= 4 is 10.1 Å². The maximum Gasteiger partial charge on any atom is 1.00 e. The molecule has 0 radical (unpaired) electrons. The first-order valence-electron chi connectivity index (χ1n) is 13.5. The van der Waals surface area contributed by atoms with Gasteiger partial charge in [0.25, 0.3) is 0 Å². The van der Waals surface area contributed by atoms with E-state index in [0.717, 1.165) is 25.7 Å². The van der Waals surface area contributed by atoms with Gasteiger partial charge in [0, 0.05) is 0 Å². The fraction of sp³-hybridized carbons (Fsp3) is 0.786. The Hall–Kier alpha value is -0.0700. The molecule has 0 heterocycles. The quantitative estimate of drug-likeness (QED) is 0.137. The molecule has 4 nitrogen and oxygen atoms in total. The first-order chi connectivity index (χ1) is 15.8. The summed E-state index contributed by atoms with van der Waals surface area (Å²) in [5, 5.41) is 0. The van der Waals surface area contributed by atoms with Crippen molar-refractivity contribution in [3.63, 3.8) is 0 Å². The molecule has 0 aromatic heterocycles. The summed E-state index contributed by atoms with van der Waals surface area (Å²) in [6, 6.07) is 6.12. The third-order valence-corrected chi connectivity index (χ3v) is 8.10. The third kappa shape index (κ3) is 13.9. The largest absolute Gasteiger partial charge is 1.00 e. The molecule has 34 heavy (non-hydrogen) atoms. The summed E-state index contributed by atoms with van der Waals surface area (Å²) in [6.07, 6.45) is 19.7. The molecule has 6 heteroatoms. The fourth-order valence-electron chi connectivity index (χ4n) is 4.20. The van der Waals surface area contributed by atoms with Gasteiger partial charge in [-0.25, -0.2) is 8.42 Å². The second-order valence-corrected chi connectivity index (χ2v) is 11.5. The summed E-state index contributed by atoms with van der Waals surface area (Å²) in [5.74, 6) is 0.511. The standard InChI is InChI=1S/C28H50O4S.Na/c1-5-8-10-12-14-16-18-20-25-22-26(21-19-17-15-13-11-9-6-2)24-27(23-25)32-28(4,7-3)33(29,30)31;/h22-24H,5-21H2,1-4H3,(H,29,30,31);/q;+1/p-1. The molecule has 0 saturated heterocycles. The van der Waals surface area contributed by atoms with Gasteiger partial charge >= 0.3 is 29.6 Å². The predicted octanol–water partition coefficient (Wildman–Crippen LogP) is 5.33. The van der Waals surface area contributed by atoms with Crippen molar-refractivity contribution in [2.45, 2.75) is 142 Å². The van der Waals surface area contributed by atoms with Crippen molar-refractivity contribution in [3.8, 4) is 5.75 Å². The van der Waals surface area contributed by atoms with E-state index in [9.17, 15) is 13.0 Å². The van der Waals surface area contributed by atoms with E-state index in [1.807, 2.05) is 12.1 Å². The number of ether oxygens (including phenoxy) is 1. The molecule has 0 aliphatic heterocycles. The van der Waals surface area contributed by atoms with E-state index >= 15 is 0 Å². The van der Waals surface area contributed by atoms with Crippen LogP contribution in [0.4, 0.5) is 0 Å². The summed E-state index contributed by atoms with van der Waals surface area (Å²) < 4.78 is 41.3. The Morgan fingerprint density at radius 3 is 1.44 bits per heavy atom. The van der Waals surface area contributed by atoms with E-state index in [2.05, 4.69) is 19.9 Å². The van der Waals surface area contributed by atoms with Crippen LogP contribution in [0, 0.1) is 0 Å². The summed E-state index contributed by atoms with van der Waals surface area (Å²) in [6.45, 7) is 7.53. The third-order valence-electron chi connectivity index (χ3n) is 6.67. The van der Waals surface area contributed by atoms with Crippen LogP contribution in [0.25, 0.3) is 0 Å². The number of unbranched alkanes of at least 4 members (excludes halogenated alkanes) is 12. The molecule has 0 fully saturated rings. The van der Waals surface area contributed by atoms with Crippen LogP contribution in [0.15, 0.2) is 18.2 Å². The minimum absolute atomic E-state index is 0. The Morgan fingerprint density at radius 2 is 1.09 bits per heavy atom. The molecule has 0 aliphatic rings. The number of hydrogen-bond donors (Lipinski definition) is 0. The van der Waals surface area contributed by atoms with Crippen LogP contribution in [0.3, 0.4) is 0 Å². The van der Waals surface area contributed by atoms with Gasteiger partial charge in [-0.1, -0.05) is 104 Å². The zero-order valence-electron chi connectivity index (χ0n) is 22.8. The van der Waals surface area contributed by atoms with Crippen LogP contribution < -0.4 is 34.3 Å². The zero-order valence-corrected chi connectivity index (χ0v) is 25.6. The summed E-state index contributed by atoms with van der Waals surface area (Å²) in [4.78, 5) is -1.73. The van der Waals surface area contributed by atoms with Gasteiger partial charge in [0.2, 0.25) is 0 Å². The van der Waals surface area contributed by atoms with Gasteiger partial charge in [-0.15, -0.1) is 0 Å². The molecule has 1 aromatic rings. The zero-order chi connectivity index (χ0) is 24.6. The Bertz CT molecular complexity index is 715. The average molecular weight is 505 g/mol. The smallest absolute Gasteiger partial charge is 0.745 e. The van der Waals surface area contributed by atoms with Gasteiger partial charge in [-0.2, -0.15) is 0 Å². The summed E-state index contributed by atoms with van der Waals surface area (Å²) in [7, 11) is -4.57. The summed E-state index contributed by atoms with van der Waals surface area (Å²) >= 11 is 0. The van der Waals surface area contributed by atoms with Gasteiger partial charge in [0.1, 0.15) is 15.9 Å². The van der Waals surface area contributed by atoms with Crippen LogP contribution in [-0.4, -0.2) is 17.9 Å². The van der Waals surface area contributed by atoms with Crippen molar-refractivity contribution in [3.05, 3.63) is 29.3 Å². The Labute approximate surface area is 233 Å². The van der Waals surface area contributed by atoms with Gasteiger partial charge < -0.3 is 9.29 Å². The minimum Gasteiger partial charge on any atom is -0.745 e. The average Bonchev–Trinajstić information content (AvgIpc) is 2.77. The van der Waals surface area contributed by atoms with Gasteiger partial charge in [-0.05, 0) is 62.3 Å². The van der Waals surface area contributed by atoms with Crippen molar-refractivity contribution in [1.29, 1.82) is 0 Å². The fourth-order valence-corrected chi connectivity index (χ4v) is 4.75. The second-order valence-electron chi connectivity index (χ2n) is 9.77. The monoisotopic (exact) mass is 504 g/mol. The van der Waals surface area contributed by atoms with Gasteiger partial charge in [0.05, 0.1) is 0 Å². The Morgan fingerprint density at radius 1 is 0.706 bits per heavy atom. The minimum atomic E-state index is -4.57. The molecule has 0 amide bonds. The van der Waals surface area contributed by atoms with Crippen LogP contribution >= 0.6 is 0 Å². The van der Waals surface area contributed by atoms with E-state index in [-0.39, 0.29) is 36.0 Å². The van der Waals surface area contributed by atoms with Crippen LogP contribution in [-0.2, 0) is 23.0 Å². The molecular formula is C28H49NaO4S. The maximum atomic E-state index is 11.8. The van der Waals surface area contributed by atoms with Crippen molar-refractivity contribution in [2.24, 2.45) is 0 Å². The topological polar surface area (TPSA) is 66.4 Å². The van der Waals surface area contributed by atoms with Crippen LogP contribution in [0.2, 0.25) is 0 Å². The first-order valence-corrected chi connectivity index (χ1v) is 14.9. The van der Waals surface area contributed by atoms with E-state index in [4.69, 9.17) is 4.74 Å². The number of rotatable bonds is 20. The molecule has 1 atom stereocenters. The molecule has 192 valence electrons. The van der Waals surface area contributed by atoms with Gasteiger partial charge in [-0.3, -0.25) is 0 Å². The van der Waals surface area contributed by atoms with E-state index in [1.54, 1.807) is 6.92 Å². The molecule has 1 rings (SSSR count). The molecule has 0 saturated carbocycles. The van der Waals surface area contributed by atoms with E-state index in [0.29, 0.717) is 5.75 Å². The Kier molecular flexibility index (Phi) is 19.1. The molecule has 0 aliphatic carbocycles. The van der Waals surface area contributed by atoms with Crippen LogP contribution in [0.5, 0.6) is 5.75 Å². The van der Waals surface area contributed by atoms with Gasteiger partial charge in [0.15, 0.2) is 4.93 Å². The molecule has 1 unspecified atom stereocenters. The van der Waals surface area contributed by atoms with Crippen molar-refractivity contribution in [1.82, 2.24) is 0 Å². The molecule has 0 spiro atoms. The van der Waals surface area contributed by atoms with E-state index < -0.39 is 15.1 Å². The van der Waals surface area contributed by atoms with Crippen molar-refractivity contribution in [2.75, 3.05) is 0 Å². The number of aryl methyl sites for hydroxylation is 2. The predicted molar refractivity (Wildman–Crippen MR) is 139 cm³/mol. The first kappa shape index (κ1) is 33.9. The molecular weight excluding hydrogens is 455 g/mol. The molecule has 1 aromatic carbocycles. The SMILES string of the molecule is CCCCCCCCCc1cc(CCCCCCCCC)cc(OC(C)(CC)S(=O)(=O)[O-])c1.[Na+]. The summed E-state index contributed by atoms with van der Waals surface area (Å²) in [5.41, 5.74) is 2.36. The number of benzene rings is 1.